The summed E-state index contributed by atoms with van der Waals surface area (Å²) in [4.78, 5) is 14.3. The summed E-state index contributed by atoms with van der Waals surface area (Å²) in [6.07, 6.45) is 0. The van der Waals surface area contributed by atoms with Crippen molar-refractivity contribution in [3.63, 3.8) is 0 Å². The Morgan fingerprint density at radius 3 is 1.21 bits per heavy atom. The molecule has 0 saturated carbocycles. The number of benzene rings is 7. The number of hydrogen-bond donors (Lipinski definition) is 5. The van der Waals surface area contributed by atoms with Crippen molar-refractivity contribution in [2.24, 2.45) is 0 Å². The number of nitrogens with one attached hydrogen (secondary N) is 4. The van der Waals surface area contributed by atoms with Crippen molar-refractivity contribution in [3.05, 3.63) is 245 Å². The molecule has 0 heterocycles. The van der Waals surface area contributed by atoms with Crippen molar-refractivity contribution < 1.29 is 19.4 Å². The van der Waals surface area contributed by atoms with Gasteiger partial charge in [-0.1, -0.05) is 152 Å². The molecule has 8 nitrogen and oxygen atoms in total. The summed E-state index contributed by atoms with van der Waals surface area (Å²) in [5.74, 6) is 1.06. The number of aliphatic hydroxyl groups is 1. The number of hydrazine groups is 2. The molecule has 0 unspecified atom stereocenters. The van der Waals surface area contributed by atoms with Crippen LogP contribution in [0.2, 0.25) is 0 Å². The van der Waals surface area contributed by atoms with E-state index in [4.69, 9.17) is 9.47 Å². The van der Waals surface area contributed by atoms with Crippen LogP contribution < -0.4 is 31.2 Å². The summed E-state index contributed by atoms with van der Waals surface area (Å²) in [6.45, 7) is 4.12. The van der Waals surface area contributed by atoms with Crippen LogP contribution in [0.25, 0.3) is 5.70 Å². The van der Waals surface area contributed by atoms with E-state index in [-0.39, 0.29) is 6.61 Å². The Labute approximate surface area is 339 Å². The normalized spacial score (nSPS) is 11.4. The third-order valence-corrected chi connectivity index (χ3v) is 10.4. The Morgan fingerprint density at radius 2 is 0.845 bits per heavy atom. The molecule has 0 radical (unpaired) electrons. The summed E-state index contributed by atoms with van der Waals surface area (Å²) in [5, 5.41) is 10.4. The third kappa shape index (κ3) is 7.98. The van der Waals surface area contributed by atoms with Crippen molar-refractivity contribution in [2.75, 3.05) is 14.2 Å². The highest BCUT2D eigenvalue weighted by Crippen LogP contribution is 2.39. The average molecular weight is 767 g/mol. The lowest BCUT2D eigenvalue weighted by Crippen LogP contribution is -2.53. The second-order valence-electron chi connectivity index (χ2n) is 13.8. The van der Waals surface area contributed by atoms with Crippen LogP contribution in [-0.4, -0.2) is 25.2 Å². The van der Waals surface area contributed by atoms with Crippen LogP contribution in [-0.2, 0) is 17.7 Å². The van der Waals surface area contributed by atoms with Gasteiger partial charge < -0.3 is 20.0 Å². The van der Waals surface area contributed by atoms with Gasteiger partial charge in [0, 0.05) is 11.3 Å². The average Bonchev–Trinajstić information content (AvgIpc) is 3.30. The highest BCUT2D eigenvalue weighted by atomic mass is 16.5. The SMILES string of the molecule is C=C(NNC(c1ccccc1)(c1ccccc1)c1ccc(OC)cc1)c1cc(CO)cc(C(=O)NNC(c2ccccc2)(c2ccccc2)c2ccc(OC)cc2)c1. The molecule has 7 aromatic rings. The van der Waals surface area contributed by atoms with Gasteiger partial charge in [-0.2, -0.15) is 0 Å². The maximum absolute atomic E-state index is 14.3. The molecule has 0 spiro atoms. The van der Waals surface area contributed by atoms with E-state index in [0.29, 0.717) is 28.1 Å². The molecule has 7 aromatic carbocycles. The molecule has 1 amide bonds. The Kier molecular flexibility index (Phi) is 12.1. The zero-order valence-corrected chi connectivity index (χ0v) is 32.5. The van der Waals surface area contributed by atoms with Gasteiger partial charge in [0.15, 0.2) is 0 Å². The lowest BCUT2D eigenvalue weighted by molar-refractivity contribution is 0.0918. The first-order valence-corrected chi connectivity index (χ1v) is 19.0. The number of carbonyl (C=O) groups excluding carboxylic acids is 1. The van der Waals surface area contributed by atoms with Gasteiger partial charge in [0.05, 0.1) is 20.8 Å². The van der Waals surface area contributed by atoms with E-state index < -0.39 is 17.0 Å². The first kappa shape index (κ1) is 39.3. The van der Waals surface area contributed by atoms with Gasteiger partial charge in [0.2, 0.25) is 0 Å². The first-order valence-electron chi connectivity index (χ1n) is 19.0. The smallest absolute Gasteiger partial charge is 0.265 e. The minimum absolute atomic E-state index is 0.282. The van der Waals surface area contributed by atoms with Crippen LogP contribution in [0.1, 0.15) is 54.9 Å². The molecular weight excluding hydrogens is 721 g/mol. The Morgan fingerprint density at radius 1 is 0.500 bits per heavy atom. The van der Waals surface area contributed by atoms with Crippen LogP contribution in [0, 0.1) is 0 Å². The van der Waals surface area contributed by atoms with Crippen molar-refractivity contribution in [2.45, 2.75) is 17.7 Å². The fourth-order valence-corrected chi connectivity index (χ4v) is 7.42. The Bertz CT molecular complexity index is 2180. The monoisotopic (exact) mass is 766 g/mol. The Balaban J connectivity index is 1.22. The standard InChI is InChI=1S/C50H46N4O4/c1-36(51-53-49(40-16-8-4-9-17-40,41-18-10-5-11-19-41)44-24-28-46(57-2)29-25-44)38-32-37(35-55)33-39(34-38)48(56)52-54-50(42-20-12-6-13-21-42,43-22-14-7-15-23-43)45-26-30-47(58-3)31-27-45/h4-34,51,53-55H,1,35H2,2-3H3,(H,52,56). The summed E-state index contributed by atoms with van der Waals surface area (Å²) >= 11 is 0. The van der Waals surface area contributed by atoms with E-state index in [1.807, 2.05) is 152 Å². The van der Waals surface area contributed by atoms with Gasteiger partial charge in [0.1, 0.15) is 22.6 Å². The predicted molar refractivity (Wildman–Crippen MR) is 230 cm³/mol. The third-order valence-electron chi connectivity index (χ3n) is 10.4. The molecule has 0 saturated heterocycles. The van der Waals surface area contributed by atoms with Gasteiger partial charge in [0.25, 0.3) is 5.91 Å². The van der Waals surface area contributed by atoms with Crippen molar-refractivity contribution in [3.8, 4) is 11.5 Å². The zero-order valence-electron chi connectivity index (χ0n) is 32.5. The number of rotatable bonds is 16. The van der Waals surface area contributed by atoms with E-state index in [9.17, 15) is 9.90 Å². The van der Waals surface area contributed by atoms with E-state index >= 15 is 0 Å². The summed E-state index contributed by atoms with van der Waals surface area (Å²) in [5.41, 5.74) is 19.3. The van der Waals surface area contributed by atoms with Crippen molar-refractivity contribution in [1.29, 1.82) is 0 Å². The zero-order chi connectivity index (χ0) is 40.4. The van der Waals surface area contributed by atoms with Crippen LogP contribution in [0.5, 0.6) is 11.5 Å². The number of aliphatic hydroxyl groups excluding tert-OH is 1. The highest BCUT2D eigenvalue weighted by Gasteiger charge is 2.38. The van der Waals surface area contributed by atoms with Gasteiger partial charge >= 0.3 is 0 Å². The first-order chi connectivity index (χ1) is 28.4. The van der Waals surface area contributed by atoms with Crippen LogP contribution >= 0.6 is 0 Å². The molecule has 58 heavy (non-hydrogen) atoms. The molecule has 0 fully saturated rings. The number of ether oxygens (including phenoxy) is 2. The van der Waals surface area contributed by atoms with E-state index in [2.05, 4.69) is 52.5 Å². The van der Waals surface area contributed by atoms with Gasteiger partial charge in [-0.05, 0) is 87.0 Å². The second-order valence-corrected chi connectivity index (χ2v) is 13.8. The van der Waals surface area contributed by atoms with Crippen LogP contribution in [0.3, 0.4) is 0 Å². The largest absolute Gasteiger partial charge is 0.497 e. The number of methoxy groups -OCH3 is 2. The topological polar surface area (TPSA) is 104 Å². The molecular formula is C50H46N4O4. The number of carbonyl (C=O) groups is 1. The molecule has 0 atom stereocenters. The second kappa shape index (κ2) is 17.9. The summed E-state index contributed by atoms with van der Waals surface area (Å²) in [6, 6.07) is 61.2. The molecule has 0 aromatic heterocycles. The summed E-state index contributed by atoms with van der Waals surface area (Å²) in [7, 11) is 3.28. The fraction of sp³-hybridized carbons (Fsp3) is 0.100. The van der Waals surface area contributed by atoms with E-state index in [1.54, 1.807) is 26.4 Å². The van der Waals surface area contributed by atoms with Crippen molar-refractivity contribution >= 4 is 11.6 Å². The molecule has 7 rings (SSSR count). The predicted octanol–water partition coefficient (Wildman–Crippen LogP) is 8.48. The maximum atomic E-state index is 14.3. The molecule has 290 valence electrons. The quantitative estimate of drug-likeness (QED) is 0.0497. The van der Waals surface area contributed by atoms with E-state index in [1.165, 1.54) is 0 Å². The lowest BCUT2D eigenvalue weighted by Gasteiger charge is -2.37. The number of amides is 1. The van der Waals surface area contributed by atoms with Gasteiger partial charge in [-0.25, -0.2) is 10.9 Å². The van der Waals surface area contributed by atoms with Crippen LogP contribution in [0.15, 0.2) is 195 Å². The molecule has 5 N–H and O–H groups in total. The van der Waals surface area contributed by atoms with E-state index in [0.717, 1.165) is 39.1 Å². The van der Waals surface area contributed by atoms with Gasteiger partial charge in [-0.3, -0.25) is 10.2 Å². The highest BCUT2D eigenvalue weighted by molar-refractivity contribution is 5.95. The number of hydrogen-bond acceptors (Lipinski definition) is 7. The lowest BCUT2D eigenvalue weighted by atomic mass is 9.77. The van der Waals surface area contributed by atoms with Gasteiger partial charge in [-0.15, -0.1) is 0 Å². The molecule has 0 aliphatic carbocycles. The maximum Gasteiger partial charge on any atom is 0.265 e. The fourth-order valence-electron chi connectivity index (χ4n) is 7.42. The minimum Gasteiger partial charge on any atom is -0.497 e. The van der Waals surface area contributed by atoms with Crippen molar-refractivity contribution in [1.82, 2.24) is 21.7 Å². The molecule has 0 aliphatic heterocycles. The minimum atomic E-state index is -0.989. The Hall–Kier alpha value is -6.97. The van der Waals surface area contributed by atoms with Crippen LogP contribution in [0.4, 0.5) is 0 Å². The molecule has 0 aliphatic rings. The summed E-state index contributed by atoms with van der Waals surface area (Å²) < 4.78 is 11.0. The molecule has 8 heteroatoms. The molecule has 0 bridgehead atoms.